The third-order valence-electron chi connectivity index (χ3n) is 4.08. The minimum atomic E-state index is -0.908. The Bertz CT molecular complexity index is 669. The largest absolute Gasteiger partial charge is 0.481 e. The summed E-state index contributed by atoms with van der Waals surface area (Å²) in [5.74, 6) is -1.01. The van der Waals surface area contributed by atoms with E-state index in [1.54, 1.807) is 43.0 Å². The van der Waals surface area contributed by atoms with Crippen LogP contribution in [0.4, 0.5) is 10.5 Å². The average molecular weight is 363 g/mol. The van der Waals surface area contributed by atoms with Crippen LogP contribution in [-0.2, 0) is 9.53 Å². The molecule has 1 aromatic carbocycles. The standard InChI is InChI=1S/C18H25N3O5/c1-18(2,7-6-15(22)23)20-17(25)19-14-5-3-4-13(12-14)16(24)21-8-10-26-11-9-21/h3-5,12H,6-11H2,1-2H3,(H,22,23)(H2,19,20,25). The summed E-state index contributed by atoms with van der Waals surface area (Å²) in [6.45, 7) is 5.67. The molecule has 0 unspecified atom stereocenters. The van der Waals surface area contributed by atoms with E-state index in [-0.39, 0.29) is 12.3 Å². The van der Waals surface area contributed by atoms with Crippen molar-refractivity contribution in [1.82, 2.24) is 10.2 Å². The van der Waals surface area contributed by atoms with Crippen molar-refractivity contribution >= 4 is 23.6 Å². The predicted octanol–water partition coefficient (Wildman–Crippen LogP) is 1.92. The van der Waals surface area contributed by atoms with E-state index in [9.17, 15) is 14.4 Å². The molecule has 0 spiro atoms. The number of nitrogens with one attached hydrogen (secondary N) is 2. The topological polar surface area (TPSA) is 108 Å². The number of aliphatic carboxylic acids is 1. The van der Waals surface area contributed by atoms with E-state index in [4.69, 9.17) is 9.84 Å². The molecule has 8 heteroatoms. The van der Waals surface area contributed by atoms with Gasteiger partial charge in [0.15, 0.2) is 0 Å². The number of hydrogen-bond acceptors (Lipinski definition) is 4. The Kier molecular flexibility index (Phi) is 6.57. The number of nitrogens with zero attached hydrogens (tertiary/aromatic N) is 1. The van der Waals surface area contributed by atoms with Gasteiger partial charge < -0.3 is 25.4 Å². The molecular weight excluding hydrogens is 338 g/mol. The van der Waals surface area contributed by atoms with Gasteiger partial charge in [0, 0.05) is 36.3 Å². The van der Waals surface area contributed by atoms with Crippen LogP contribution in [0.5, 0.6) is 0 Å². The Labute approximate surface area is 152 Å². The maximum absolute atomic E-state index is 12.5. The Morgan fingerprint density at radius 1 is 1.23 bits per heavy atom. The Morgan fingerprint density at radius 3 is 2.58 bits per heavy atom. The average Bonchev–Trinajstić information content (AvgIpc) is 2.60. The van der Waals surface area contributed by atoms with Gasteiger partial charge in [-0.1, -0.05) is 6.07 Å². The smallest absolute Gasteiger partial charge is 0.319 e. The minimum absolute atomic E-state index is 0.0309. The molecular formula is C18H25N3O5. The molecule has 1 aliphatic heterocycles. The molecule has 2 rings (SSSR count). The molecule has 142 valence electrons. The molecule has 0 aromatic heterocycles. The second-order valence-corrected chi connectivity index (χ2v) is 6.84. The summed E-state index contributed by atoms with van der Waals surface area (Å²) in [4.78, 5) is 37.1. The van der Waals surface area contributed by atoms with E-state index in [2.05, 4.69) is 10.6 Å². The quantitative estimate of drug-likeness (QED) is 0.716. The van der Waals surface area contributed by atoms with Crippen molar-refractivity contribution in [1.29, 1.82) is 0 Å². The van der Waals surface area contributed by atoms with E-state index in [1.165, 1.54) is 0 Å². The van der Waals surface area contributed by atoms with Gasteiger partial charge in [-0.15, -0.1) is 0 Å². The maximum Gasteiger partial charge on any atom is 0.319 e. The zero-order valence-electron chi connectivity index (χ0n) is 15.1. The summed E-state index contributed by atoms with van der Waals surface area (Å²) < 4.78 is 5.25. The van der Waals surface area contributed by atoms with Gasteiger partial charge >= 0.3 is 12.0 Å². The van der Waals surface area contributed by atoms with Gasteiger partial charge in [0.25, 0.3) is 5.91 Å². The molecule has 0 aliphatic carbocycles. The van der Waals surface area contributed by atoms with Crippen LogP contribution in [0.1, 0.15) is 37.0 Å². The lowest BCUT2D eigenvalue weighted by atomic mass is 9.99. The predicted molar refractivity (Wildman–Crippen MR) is 96.3 cm³/mol. The number of rotatable bonds is 6. The summed E-state index contributed by atoms with van der Waals surface area (Å²) >= 11 is 0. The fourth-order valence-corrected chi connectivity index (χ4v) is 2.63. The number of carboxylic acids is 1. The molecule has 1 fully saturated rings. The lowest BCUT2D eigenvalue weighted by Crippen LogP contribution is -2.45. The fourth-order valence-electron chi connectivity index (χ4n) is 2.63. The Hall–Kier alpha value is -2.61. The van der Waals surface area contributed by atoms with Gasteiger partial charge in [-0.25, -0.2) is 4.79 Å². The number of carboxylic acid groups (broad SMARTS) is 1. The highest BCUT2D eigenvalue weighted by atomic mass is 16.5. The summed E-state index contributed by atoms with van der Waals surface area (Å²) in [6.07, 6.45) is 0.280. The molecule has 1 aromatic rings. The van der Waals surface area contributed by atoms with Crippen molar-refractivity contribution < 1.29 is 24.2 Å². The number of morpholine rings is 1. The molecule has 0 bridgehead atoms. The zero-order chi connectivity index (χ0) is 19.2. The number of carbonyl (C=O) groups is 3. The van der Waals surface area contributed by atoms with Gasteiger partial charge in [0.2, 0.25) is 0 Å². The SMILES string of the molecule is CC(C)(CCC(=O)O)NC(=O)Nc1cccc(C(=O)N2CCOCC2)c1. The van der Waals surface area contributed by atoms with E-state index in [1.807, 2.05) is 0 Å². The molecule has 8 nitrogen and oxygen atoms in total. The first-order chi connectivity index (χ1) is 12.3. The molecule has 0 saturated carbocycles. The van der Waals surface area contributed by atoms with Crippen molar-refractivity contribution in [3.63, 3.8) is 0 Å². The molecule has 0 atom stereocenters. The minimum Gasteiger partial charge on any atom is -0.481 e. The van der Waals surface area contributed by atoms with Gasteiger partial charge in [-0.05, 0) is 38.5 Å². The zero-order valence-corrected chi connectivity index (χ0v) is 15.1. The Morgan fingerprint density at radius 2 is 1.92 bits per heavy atom. The summed E-state index contributed by atoms with van der Waals surface area (Å²) in [5.41, 5.74) is 0.328. The molecule has 1 heterocycles. The fraction of sp³-hybridized carbons (Fsp3) is 0.500. The number of hydrogen-bond donors (Lipinski definition) is 3. The summed E-state index contributed by atoms with van der Waals surface area (Å²) in [7, 11) is 0. The maximum atomic E-state index is 12.5. The number of benzene rings is 1. The van der Waals surface area contributed by atoms with Crippen LogP contribution in [0.3, 0.4) is 0 Å². The van der Waals surface area contributed by atoms with Crippen molar-refractivity contribution in [2.24, 2.45) is 0 Å². The van der Waals surface area contributed by atoms with Gasteiger partial charge in [-0.3, -0.25) is 9.59 Å². The molecule has 0 radical (unpaired) electrons. The van der Waals surface area contributed by atoms with Gasteiger partial charge in [0.1, 0.15) is 0 Å². The van der Waals surface area contributed by atoms with Crippen LogP contribution in [0.2, 0.25) is 0 Å². The normalized spacial score (nSPS) is 14.6. The molecule has 3 N–H and O–H groups in total. The summed E-state index contributed by atoms with van der Waals surface area (Å²) in [6, 6.07) is 6.29. The van der Waals surface area contributed by atoms with E-state index >= 15 is 0 Å². The van der Waals surface area contributed by atoms with Crippen molar-refractivity contribution in [2.45, 2.75) is 32.2 Å². The number of urea groups is 1. The highest BCUT2D eigenvalue weighted by Crippen LogP contribution is 2.15. The third kappa shape index (κ3) is 6.03. The van der Waals surface area contributed by atoms with Crippen LogP contribution in [0.25, 0.3) is 0 Å². The number of anilines is 1. The summed E-state index contributed by atoms with van der Waals surface area (Å²) in [5, 5.41) is 14.2. The second kappa shape index (κ2) is 8.66. The van der Waals surface area contributed by atoms with E-state index in [0.29, 0.717) is 44.0 Å². The van der Waals surface area contributed by atoms with Crippen molar-refractivity contribution in [3.05, 3.63) is 29.8 Å². The molecule has 26 heavy (non-hydrogen) atoms. The van der Waals surface area contributed by atoms with Gasteiger partial charge in [0.05, 0.1) is 13.2 Å². The highest BCUT2D eigenvalue weighted by Gasteiger charge is 2.22. The molecule has 3 amide bonds. The lowest BCUT2D eigenvalue weighted by molar-refractivity contribution is -0.137. The van der Waals surface area contributed by atoms with Crippen LogP contribution >= 0.6 is 0 Å². The van der Waals surface area contributed by atoms with Crippen LogP contribution in [0.15, 0.2) is 24.3 Å². The Balaban J connectivity index is 1.95. The molecule has 1 aliphatic rings. The van der Waals surface area contributed by atoms with Crippen molar-refractivity contribution in [3.8, 4) is 0 Å². The first-order valence-electron chi connectivity index (χ1n) is 8.55. The first kappa shape index (κ1) is 19.7. The van der Waals surface area contributed by atoms with Crippen LogP contribution < -0.4 is 10.6 Å². The number of carbonyl (C=O) groups excluding carboxylic acids is 2. The molecule has 1 saturated heterocycles. The monoisotopic (exact) mass is 363 g/mol. The van der Waals surface area contributed by atoms with Crippen molar-refractivity contribution in [2.75, 3.05) is 31.6 Å². The van der Waals surface area contributed by atoms with Crippen LogP contribution in [-0.4, -0.2) is 59.8 Å². The van der Waals surface area contributed by atoms with Crippen LogP contribution in [0, 0.1) is 0 Å². The lowest BCUT2D eigenvalue weighted by Gasteiger charge is -2.27. The highest BCUT2D eigenvalue weighted by molar-refractivity contribution is 5.97. The number of amides is 3. The second-order valence-electron chi connectivity index (χ2n) is 6.84. The van der Waals surface area contributed by atoms with E-state index < -0.39 is 17.5 Å². The number of ether oxygens (including phenoxy) is 1. The van der Waals surface area contributed by atoms with Gasteiger partial charge in [-0.2, -0.15) is 0 Å². The first-order valence-corrected chi connectivity index (χ1v) is 8.55. The third-order valence-corrected chi connectivity index (χ3v) is 4.08. The van der Waals surface area contributed by atoms with E-state index in [0.717, 1.165) is 0 Å².